The third-order valence-corrected chi connectivity index (χ3v) is 4.16. The molecule has 2 aromatic rings. The molecule has 2 fully saturated rings. The maximum atomic E-state index is 12.2. The molecular weight excluding hydrogens is 242 g/mol. The van der Waals surface area contributed by atoms with Crippen molar-refractivity contribution in [1.82, 2.24) is 24.6 Å². The number of hydrogen-bond acceptors (Lipinski definition) is 4. The van der Waals surface area contributed by atoms with Crippen LogP contribution in [-0.2, 0) is 0 Å². The zero-order valence-corrected chi connectivity index (χ0v) is 10.5. The van der Waals surface area contributed by atoms with Gasteiger partial charge in [0.15, 0.2) is 5.65 Å². The van der Waals surface area contributed by atoms with E-state index in [-0.39, 0.29) is 11.9 Å². The molecule has 1 unspecified atom stereocenters. The van der Waals surface area contributed by atoms with Crippen molar-refractivity contribution in [2.75, 3.05) is 19.6 Å². The average Bonchev–Trinajstić information content (AvgIpc) is 3.13. The number of carbonyl (C=O) groups excluding carboxylic acids is 1. The first-order chi connectivity index (χ1) is 9.29. The van der Waals surface area contributed by atoms with Crippen LogP contribution in [0, 0.1) is 5.92 Å². The highest BCUT2D eigenvalue weighted by molar-refractivity contribution is 5.92. The number of aromatic nitrogens is 3. The van der Waals surface area contributed by atoms with E-state index in [0.717, 1.165) is 18.7 Å². The van der Waals surface area contributed by atoms with Crippen molar-refractivity contribution in [3.63, 3.8) is 0 Å². The minimum atomic E-state index is -0.0886. The molecule has 0 aromatic carbocycles. The quantitative estimate of drug-likeness (QED) is 0.832. The van der Waals surface area contributed by atoms with Crippen molar-refractivity contribution in [2.45, 2.75) is 12.5 Å². The van der Waals surface area contributed by atoms with E-state index in [4.69, 9.17) is 0 Å². The number of fused-ring (bicyclic) bond motifs is 3. The Kier molecular flexibility index (Phi) is 2.32. The Labute approximate surface area is 110 Å². The second kappa shape index (κ2) is 4.03. The lowest BCUT2D eigenvalue weighted by Crippen LogP contribution is -2.43. The van der Waals surface area contributed by atoms with Gasteiger partial charge in [-0.25, -0.2) is 9.97 Å². The fourth-order valence-corrected chi connectivity index (χ4v) is 3.13. The lowest BCUT2D eigenvalue weighted by atomic mass is 10.00. The highest BCUT2D eigenvalue weighted by Gasteiger charge is 2.38. The Balaban J connectivity index is 1.53. The van der Waals surface area contributed by atoms with Crippen LogP contribution in [0.2, 0.25) is 0 Å². The van der Waals surface area contributed by atoms with E-state index in [1.165, 1.54) is 13.0 Å². The summed E-state index contributed by atoms with van der Waals surface area (Å²) in [6.07, 6.45) is 8.06. The number of nitrogens with one attached hydrogen (secondary N) is 1. The van der Waals surface area contributed by atoms with Crippen LogP contribution in [0.4, 0.5) is 0 Å². The third kappa shape index (κ3) is 1.79. The standard InChI is InChI=1S/C13H15N5O/c19-13(16-10-7-17-3-1-9(10)6-17)11-8-18-4-2-14-12(18)5-15-11/h2,4-5,8-10H,1,3,6-7H2,(H,16,19)/t9-,10-/m0/s1. The third-order valence-electron chi connectivity index (χ3n) is 4.16. The Morgan fingerprint density at radius 1 is 1.37 bits per heavy atom. The molecule has 19 heavy (non-hydrogen) atoms. The lowest BCUT2D eigenvalue weighted by Gasteiger charge is -2.22. The summed E-state index contributed by atoms with van der Waals surface area (Å²) in [7, 11) is 0. The van der Waals surface area contributed by atoms with Gasteiger partial charge in [0.05, 0.1) is 6.20 Å². The van der Waals surface area contributed by atoms with Gasteiger partial charge in [0.2, 0.25) is 0 Å². The van der Waals surface area contributed by atoms with Crippen LogP contribution in [0.1, 0.15) is 16.9 Å². The molecule has 4 rings (SSSR count). The molecule has 4 heterocycles. The molecule has 2 aliphatic heterocycles. The summed E-state index contributed by atoms with van der Waals surface area (Å²) in [6, 6.07) is 0.279. The highest BCUT2D eigenvalue weighted by atomic mass is 16.2. The number of nitrogens with zero attached hydrogens (tertiary/aromatic N) is 4. The van der Waals surface area contributed by atoms with Gasteiger partial charge in [-0.3, -0.25) is 4.79 Å². The van der Waals surface area contributed by atoms with Crippen molar-refractivity contribution < 1.29 is 4.79 Å². The Hall–Kier alpha value is -1.95. The molecule has 6 heteroatoms. The van der Waals surface area contributed by atoms with E-state index in [2.05, 4.69) is 20.2 Å². The van der Waals surface area contributed by atoms with Crippen LogP contribution < -0.4 is 5.32 Å². The molecule has 6 nitrogen and oxygen atoms in total. The van der Waals surface area contributed by atoms with E-state index in [0.29, 0.717) is 11.6 Å². The van der Waals surface area contributed by atoms with Crippen molar-refractivity contribution >= 4 is 11.6 Å². The van der Waals surface area contributed by atoms with Gasteiger partial charge in [-0.05, 0) is 18.9 Å². The van der Waals surface area contributed by atoms with Gasteiger partial charge in [0.25, 0.3) is 5.91 Å². The number of piperidine rings is 1. The van der Waals surface area contributed by atoms with E-state index < -0.39 is 0 Å². The zero-order valence-electron chi connectivity index (χ0n) is 10.5. The lowest BCUT2D eigenvalue weighted by molar-refractivity contribution is 0.0919. The monoisotopic (exact) mass is 257 g/mol. The molecule has 2 aromatic heterocycles. The maximum absolute atomic E-state index is 12.2. The minimum Gasteiger partial charge on any atom is -0.346 e. The molecule has 2 saturated heterocycles. The molecule has 0 spiro atoms. The predicted molar refractivity (Wildman–Crippen MR) is 68.8 cm³/mol. The van der Waals surface area contributed by atoms with Crippen molar-refractivity contribution in [3.05, 3.63) is 30.5 Å². The van der Waals surface area contributed by atoms with Gasteiger partial charge < -0.3 is 14.6 Å². The van der Waals surface area contributed by atoms with E-state index >= 15 is 0 Å². The molecular formula is C13H15N5O. The zero-order chi connectivity index (χ0) is 12.8. The van der Waals surface area contributed by atoms with Gasteiger partial charge in [0, 0.05) is 37.7 Å². The van der Waals surface area contributed by atoms with Crippen LogP contribution in [-0.4, -0.2) is 50.9 Å². The smallest absolute Gasteiger partial charge is 0.271 e. The summed E-state index contributed by atoms with van der Waals surface area (Å²) < 4.78 is 1.81. The van der Waals surface area contributed by atoms with Crippen LogP contribution in [0.15, 0.2) is 24.8 Å². The molecule has 3 atom stereocenters. The molecule has 1 amide bonds. The summed E-state index contributed by atoms with van der Waals surface area (Å²) in [4.78, 5) is 22.9. The number of carbonyl (C=O) groups is 1. The van der Waals surface area contributed by atoms with Gasteiger partial charge in [-0.2, -0.15) is 0 Å². The normalized spacial score (nSPS) is 28.9. The first kappa shape index (κ1) is 10.9. The highest BCUT2D eigenvalue weighted by Crippen LogP contribution is 2.27. The van der Waals surface area contributed by atoms with Crippen LogP contribution in [0.25, 0.3) is 5.65 Å². The number of hydrogen-bond donors (Lipinski definition) is 1. The molecule has 0 radical (unpaired) electrons. The first-order valence-corrected chi connectivity index (χ1v) is 6.61. The molecule has 98 valence electrons. The molecule has 2 aliphatic rings. The molecule has 1 N–H and O–H groups in total. The van der Waals surface area contributed by atoms with Gasteiger partial charge in [-0.1, -0.05) is 0 Å². The molecule has 0 saturated carbocycles. The Morgan fingerprint density at radius 3 is 3.11 bits per heavy atom. The summed E-state index contributed by atoms with van der Waals surface area (Å²) in [5, 5.41) is 3.11. The molecule has 2 bridgehead atoms. The predicted octanol–water partition coefficient (Wildman–Crippen LogP) is 0.163. The number of imidazole rings is 1. The Bertz CT molecular complexity index is 637. The topological polar surface area (TPSA) is 62.5 Å². The Morgan fingerprint density at radius 2 is 2.32 bits per heavy atom. The number of amides is 1. The first-order valence-electron chi connectivity index (χ1n) is 6.61. The second-order valence-electron chi connectivity index (χ2n) is 5.35. The fraction of sp³-hybridized carbons (Fsp3) is 0.462. The largest absolute Gasteiger partial charge is 0.346 e. The van der Waals surface area contributed by atoms with Crippen LogP contribution >= 0.6 is 0 Å². The van der Waals surface area contributed by atoms with Crippen molar-refractivity contribution in [3.8, 4) is 0 Å². The second-order valence-corrected chi connectivity index (χ2v) is 5.35. The maximum Gasteiger partial charge on any atom is 0.271 e. The van der Waals surface area contributed by atoms with Crippen LogP contribution in [0.3, 0.4) is 0 Å². The summed E-state index contributed by atoms with van der Waals surface area (Å²) in [6.45, 7) is 3.28. The fourth-order valence-electron chi connectivity index (χ4n) is 3.13. The van der Waals surface area contributed by atoms with Gasteiger partial charge >= 0.3 is 0 Å². The average molecular weight is 257 g/mol. The van der Waals surface area contributed by atoms with Gasteiger partial charge in [-0.15, -0.1) is 0 Å². The summed E-state index contributed by atoms with van der Waals surface area (Å²) >= 11 is 0. The summed E-state index contributed by atoms with van der Waals surface area (Å²) in [5.74, 6) is 0.523. The minimum absolute atomic E-state index is 0.0886. The van der Waals surface area contributed by atoms with Crippen molar-refractivity contribution in [2.24, 2.45) is 5.92 Å². The van der Waals surface area contributed by atoms with E-state index in [9.17, 15) is 4.79 Å². The molecule has 0 aliphatic carbocycles. The number of rotatable bonds is 2. The van der Waals surface area contributed by atoms with Crippen molar-refractivity contribution in [1.29, 1.82) is 0 Å². The van der Waals surface area contributed by atoms with E-state index in [1.807, 2.05) is 10.6 Å². The van der Waals surface area contributed by atoms with Crippen LogP contribution in [0.5, 0.6) is 0 Å². The summed E-state index contributed by atoms with van der Waals surface area (Å²) in [5.41, 5.74) is 1.20. The van der Waals surface area contributed by atoms with E-state index in [1.54, 1.807) is 18.6 Å². The SMILES string of the molecule is O=C(N[C@H]1CN2CC[C@H]1C2)c1cn2ccnc2cn1. The van der Waals surface area contributed by atoms with Gasteiger partial charge in [0.1, 0.15) is 5.69 Å².